The highest BCUT2D eigenvalue weighted by Gasteiger charge is 2.74. The minimum absolute atomic E-state index is 0.00519. The van der Waals surface area contributed by atoms with Gasteiger partial charge in [0.25, 0.3) is 0 Å². The van der Waals surface area contributed by atoms with E-state index in [1.807, 2.05) is 35.2 Å². The average Bonchev–Trinajstić information content (AvgIpc) is 3.40. The van der Waals surface area contributed by atoms with Gasteiger partial charge in [0.2, 0.25) is 0 Å². The molecule has 0 aliphatic heterocycles. The van der Waals surface area contributed by atoms with Crippen molar-refractivity contribution in [3.05, 3.63) is 107 Å². The Labute approximate surface area is 309 Å². The van der Waals surface area contributed by atoms with Crippen LogP contribution in [0.1, 0.15) is 80.3 Å². The number of nitrogens with zero attached hydrogens (tertiary/aromatic N) is 1. The second-order valence-corrected chi connectivity index (χ2v) is 17.4. The van der Waals surface area contributed by atoms with E-state index in [0.717, 1.165) is 34.9 Å². The molecule has 4 N–H and O–H groups in total. The van der Waals surface area contributed by atoms with Gasteiger partial charge in [-0.3, -0.25) is 9.69 Å². The number of halogens is 3. The van der Waals surface area contributed by atoms with Crippen LogP contribution < -0.4 is 0 Å². The van der Waals surface area contributed by atoms with Crippen LogP contribution in [-0.4, -0.2) is 68.6 Å². The molecule has 2 spiro atoms. The van der Waals surface area contributed by atoms with Gasteiger partial charge < -0.3 is 20.4 Å². The summed E-state index contributed by atoms with van der Waals surface area (Å²) in [5, 5.41) is 46.8. The predicted molar refractivity (Wildman–Crippen MR) is 197 cm³/mol. The molecule has 6 nitrogen and oxygen atoms in total. The van der Waals surface area contributed by atoms with Gasteiger partial charge in [0.05, 0.1) is 30.0 Å². The molecular formula is C44H50F3NO5. The van der Waals surface area contributed by atoms with E-state index in [1.54, 1.807) is 0 Å². The van der Waals surface area contributed by atoms with Gasteiger partial charge in [-0.1, -0.05) is 86.7 Å². The van der Waals surface area contributed by atoms with Crippen molar-refractivity contribution >= 4 is 16.6 Å². The lowest BCUT2D eigenvalue weighted by atomic mass is 9.32. The third kappa shape index (κ3) is 5.43. The molecule has 3 saturated carbocycles. The van der Waals surface area contributed by atoms with Crippen LogP contribution in [-0.2, 0) is 12.7 Å². The maximum absolute atomic E-state index is 14.8. The molecule has 0 saturated heterocycles. The largest absolute Gasteiger partial charge is 0.416 e. The van der Waals surface area contributed by atoms with Gasteiger partial charge in [-0.2, -0.15) is 13.2 Å². The standard InChI is InChI=1S/C44H50F3NO5/c1-39-16-13-32(50)22-41(39)19-20-43(35(23-41)38(52)29-9-6-11-31(21-29)44(45,46)47)36(39)14-17-40(2)37(43)15-18-42(40,53)27-48(25-33(51)26-49)24-30-10-5-8-28-7-3-4-12-34(28)30/h3-12,19-21,23,32-33,36-37,49-51,53H,13-18,22,24-27H2,1-2H3. The number of aliphatic hydroxyl groups excluding tert-OH is 3. The predicted octanol–water partition coefficient (Wildman–Crippen LogP) is 7.49. The molecule has 9 rings (SSSR count). The average molecular weight is 730 g/mol. The first-order valence-electron chi connectivity index (χ1n) is 19.1. The zero-order valence-corrected chi connectivity index (χ0v) is 30.4. The summed E-state index contributed by atoms with van der Waals surface area (Å²) in [6.45, 7) is 4.81. The molecule has 9 unspecified atom stereocenters. The van der Waals surface area contributed by atoms with Gasteiger partial charge in [-0.05, 0) is 90.7 Å². The summed E-state index contributed by atoms with van der Waals surface area (Å²) in [4.78, 5) is 16.9. The molecule has 0 heterocycles. The van der Waals surface area contributed by atoms with Crippen molar-refractivity contribution in [1.29, 1.82) is 0 Å². The molecule has 9 atom stereocenters. The lowest BCUT2D eigenvalue weighted by molar-refractivity contribution is -0.177. The Morgan fingerprint density at radius 2 is 1.62 bits per heavy atom. The van der Waals surface area contributed by atoms with Crippen LogP contribution in [0, 0.1) is 33.5 Å². The molecule has 282 valence electrons. The van der Waals surface area contributed by atoms with Crippen molar-refractivity contribution in [2.45, 2.75) is 89.3 Å². The van der Waals surface area contributed by atoms with Crippen molar-refractivity contribution < 1.29 is 38.4 Å². The van der Waals surface area contributed by atoms with Crippen molar-refractivity contribution in [1.82, 2.24) is 4.90 Å². The number of Topliss-reactive ketones (excluding diaryl/α,β-unsaturated/α-hetero) is 1. The fourth-order valence-electron chi connectivity index (χ4n) is 12.2. The minimum atomic E-state index is -4.60. The molecule has 3 fully saturated rings. The number of ketones is 1. The highest BCUT2D eigenvalue weighted by Crippen LogP contribution is 2.78. The molecule has 0 amide bonds. The van der Waals surface area contributed by atoms with Crippen molar-refractivity contribution in [3.8, 4) is 0 Å². The van der Waals surface area contributed by atoms with Gasteiger partial charge >= 0.3 is 6.18 Å². The fourth-order valence-corrected chi connectivity index (χ4v) is 12.2. The van der Waals surface area contributed by atoms with Crippen LogP contribution >= 0.6 is 0 Å². The Bertz CT molecular complexity index is 1990. The quantitative estimate of drug-likeness (QED) is 0.135. The van der Waals surface area contributed by atoms with E-state index in [-0.39, 0.29) is 35.9 Å². The number of alkyl halides is 3. The normalized spacial score (nSPS) is 36.6. The van der Waals surface area contributed by atoms with E-state index >= 15 is 0 Å². The Morgan fingerprint density at radius 1 is 0.925 bits per heavy atom. The summed E-state index contributed by atoms with van der Waals surface area (Å²) in [7, 11) is 0. The number of benzene rings is 3. The zero-order chi connectivity index (χ0) is 37.6. The first-order chi connectivity index (χ1) is 25.1. The maximum atomic E-state index is 14.8. The molecule has 3 aromatic rings. The molecule has 6 aliphatic rings. The SMILES string of the molecule is CC12CCC(O)CC13C=CC1(C(C(=O)c4cccc(C(F)(F)F)c4)=C3)C2CCC2(C)C1CCC2(O)CN(Cc1cccc2ccccc12)CC(O)CO. The third-order valence-electron chi connectivity index (χ3n) is 14.8. The maximum Gasteiger partial charge on any atom is 0.416 e. The van der Waals surface area contributed by atoms with Crippen LogP contribution in [0.4, 0.5) is 13.2 Å². The first kappa shape index (κ1) is 36.6. The van der Waals surface area contributed by atoms with Crippen molar-refractivity contribution in [3.63, 3.8) is 0 Å². The molecule has 6 aliphatic carbocycles. The lowest BCUT2D eigenvalue weighted by Crippen LogP contribution is -2.67. The van der Waals surface area contributed by atoms with Gasteiger partial charge in [0, 0.05) is 47.0 Å². The highest BCUT2D eigenvalue weighted by molar-refractivity contribution is 6.10. The minimum Gasteiger partial charge on any atom is -0.394 e. The molecular weight excluding hydrogens is 679 g/mol. The van der Waals surface area contributed by atoms with Crippen LogP contribution in [0.3, 0.4) is 0 Å². The number of fused-ring (bicyclic) bond motifs is 2. The Hall–Kier alpha value is -3.34. The Morgan fingerprint density at radius 3 is 2.40 bits per heavy atom. The summed E-state index contributed by atoms with van der Waals surface area (Å²) < 4.78 is 41.7. The Balaban J connectivity index is 1.20. The van der Waals surface area contributed by atoms with Gasteiger partial charge in [0.15, 0.2) is 5.78 Å². The third-order valence-corrected chi connectivity index (χ3v) is 14.8. The van der Waals surface area contributed by atoms with Gasteiger partial charge in [-0.15, -0.1) is 0 Å². The van der Waals surface area contributed by atoms with Crippen LogP contribution in [0.15, 0.2) is 90.5 Å². The molecule has 3 aromatic carbocycles. The van der Waals surface area contributed by atoms with Crippen LogP contribution in [0.25, 0.3) is 10.8 Å². The van der Waals surface area contributed by atoms with E-state index < -0.39 is 58.2 Å². The van der Waals surface area contributed by atoms with Gasteiger partial charge in [-0.25, -0.2) is 0 Å². The highest BCUT2D eigenvalue weighted by atomic mass is 19.4. The van der Waals surface area contributed by atoms with E-state index in [0.29, 0.717) is 50.6 Å². The number of rotatable bonds is 9. The number of hydrogen-bond donors (Lipinski definition) is 4. The monoisotopic (exact) mass is 729 g/mol. The number of carbonyl (C=O) groups is 1. The number of aliphatic hydroxyl groups is 4. The van der Waals surface area contributed by atoms with Crippen LogP contribution in [0.2, 0.25) is 0 Å². The second-order valence-electron chi connectivity index (χ2n) is 17.4. The van der Waals surface area contributed by atoms with Crippen molar-refractivity contribution in [2.75, 3.05) is 19.7 Å². The van der Waals surface area contributed by atoms with E-state index in [9.17, 15) is 38.4 Å². The van der Waals surface area contributed by atoms with Crippen LogP contribution in [0.5, 0.6) is 0 Å². The molecule has 0 radical (unpaired) electrons. The second kappa shape index (κ2) is 12.6. The molecule has 0 aromatic heterocycles. The van der Waals surface area contributed by atoms with E-state index in [2.05, 4.69) is 44.2 Å². The Kier molecular flexibility index (Phi) is 8.71. The summed E-state index contributed by atoms with van der Waals surface area (Å²) in [6, 6.07) is 18.9. The van der Waals surface area contributed by atoms with Crippen molar-refractivity contribution in [2.24, 2.45) is 33.5 Å². The first-order valence-corrected chi connectivity index (χ1v) is 19.1. The van der Waals surface area contributed by atoms with Gasteiger partial charge in [0.1, 0.15) is 0 Å². The summed E-state index contributed by atoms with van der Waals surface area (Å²) in [5.74, 6) is -0.624. The van der Waals surface area contributed by atoms with E-state index in [4.69, 9.17) is 0 Å². The number of hydrogen-bond acceptors (Lipinski definition) is 6. The summed E-state index contributed by atoms with van der Waals surface area (Å²) >= 11 is 0. The lowest BCUT2D eigenvalue weighted by Gasteiger charge is -2.71. The fraction of sp³-hybridized carbons (Fsp3) is 0.523. The number of carbonyl (C=O) groups excluding carboxylic acids is 1. The molecule has 9 heteroatoms. The molecule has 2 bridgehead atoms. The molecule has 53 heavy (non-hydrogen) atoms. The topological polar surface area (TPSA) is 101 Å². The summed E-state index contributed by atoms with van der Waals surface area (Å²) in [6.07, 6.45) is 4.52. The zero-order valence-electron chi connectivity index (χ0n) is 30.4. The summed E-state index contributed by atoms with van der Waals surface area (Å²) in [5.41, 5.74) is -2.97. The smallest absolute Gasteiger partial charge is 0.394 e. The number of allylic oxidation sites excluding steroid dienone is 4. The van der Waals surface area contributed by atoms with E-state index in [1.165, 1.54) is 12.1 Å².